The van der Waals surface area contributed by atoms with E-state index in [1.54, 1.807) is 24.5 Å². The highest BCUT2D eigenvalue weighted by Gasteiger charge is 2.34. The van der Waals surface area contributed by atoms with Crippen molar-refractivity contribution in [1.82, 2.24) is 20.2 Å². The summed E-state index contributed by atoms with van der Waals surface area (Å²) in [5, 5.41) is 13.8. The molecule has 8 nitrogen and oxygen atoms in total. The molecule has 1 amide bonds. The molecule has 1 aliphatic carbocycles. The summed E-state index contributed by atoms with van der Waals surface area (Å²) < 4.78 is 45.7. The van der Waals surface area contributed by atoms with Crippen molar-refractivity contribution >= 4 is 28.2 Å². The number of carbonyl (C=O) groups is 1. The molecule has 0 atom stereocenters. The van der Waals surface area contributed by atoms with E-state index in [9.17, 15) is 18.0 Å². The fraction of sp³-hybridized carbons (Fsp3) is 0.200. The number of H-pyrrole nitrogens is 1. The van der Waals surface area contributed by atoms with Gasteiger partial charge in [0.05, 0.1) is 23.1 Å². The van der Waals surface area contributed by atoms with Crippen LogP contribution in [0.25, 0.3) is 22.0 Å². The zero-order chi connectivity index (χ0) is 28.4. The molecule has 0 unspecified atom stereocenters. The average Bonchev–Trinajstić information content (AvgIpc) is 3.40. The van der Waals surface area contributed by atoms with E-state index in [0.29, 0.717) is 35.2 Å². The van der Waals surface area contributed by atoms with Crippen LogP contribution in [0.1, 0.15) is 36.2 Å². The predicted molar refractivity (Wildman–Crippen MR) is 149 cm³/mol. The SMILES string of the molecule is O=C(Nc1ccc(Oc2ccc(F)cc2)nc1)c1n[nH]c2ccc(-c3cncc(NC4CCC(F)(F)CC4)c3)cc12. The summed E-state index contributed by atoms with van der Waals surface area (Å²) in [5.74, 6) is -2.65. The second kappa shape index (κ2) is 10.9. The highest BCUT2D eigenvalue weighted by Crippen LogP contribution is 2.35. The molecule has 3 aromatic heterocycles. The van der Waals surface area contributed by atoms with Crippen molar-refractivity contribution in [1.29, 1.82) is 0 Å². The molecular weight excluding hydrogens is 533 g/mol. The summed E-state index contributed by atoms with van der Waals surface area (Å²) in [6, 6.07) is 16.3. The number of amides is 1. The largest absolute Gasteiger partial charge is 0.439 e. The van der Waals surface area contributed by atoms with Crippen molar-refractivity contribution in [3.63, 3.8) is 0 Å². The van der Waals surface area contributed by atoms with Crippen molar-refractivity contribution < 1.29 is 22.7 Å². The van der Waals surface area contributed by atoms with Gasteiger partial charge in [-0.15, -0.1) is 0 Å². The number of fused-ring (bicyclic) bond motifs is 1. The number of rotatable bonds is 7. The molecule has 0 bridgehead atoms. The number of halogens is 3. The van der Waals surface area contributed by atoms with E-state index < -0.39 is 11.8 Å². The Balaban J connectivity index is 1.15. The predicted octanol–water partition coefficient (Wildman–Crippen LogP) is 7.19. The van der Waals surface area contributed by atoms with Gasteiger partial charge in [0.2, 0.25) is 11.8 Å². The Morgan fingerprint density at radius 1 is 0.927 bits per heavy atom. The Labute approximate surface area is 233 Å². The van der Waals surface area contributed by atoms with Gasteiger partial charge in [-0.05, 0) is 66.9 Å². The van der Waals surface area contributed by atoms with Crippen molar-refractivity contribution in [2.24, 2.45) is 0 Å². The van der Waals surface area contributed by atoms with E-state index in [1.165, 1.54) is 30.5 Å². The number of aromatic amines is 1. The van der Waals surface area contributed by atoms with Gasteiger partial charge in [0.25, 0.3) is 5.91 Å². The van der Waals surface area contributed by atoms with Gasteiger partial charge in [0.15, 0.2) is 5.69 Å². The van der Waals surface area contributed by atoms with E-state index in [4.69, 9.17) is 4.74 Å². The highest BCUT2D eigenvalue weighted by atomic mass is 19.3. The number of ether oxygens (including phenoxy) is 1. The molecule has 1 fully saturated rings. The number of nitrogens with one attached hydrogen (secondary N) is 3. The van der Waals surface area contributed by atoms with Gasteiger partial charge in [0.1, 0.15) is 11.6 Å². The molecule has 208 valence electrons. The third-order valence-electron chi connectivity index (χ3n) is 6.97. The number of carbonyl (C=O) groups excluding carboxylic acids is 1. The van der Waals surface area contributed by atoms with Gasteiger partial charge in [-0.3, -0.25) is 14.9 Å². The Morgan fingerprint density at radius 2 is 1.73 bits per heavy atom. The molecule has 41 heavy (non-hydrogen) atoms. The van der Waals surface area contributed by atoms with Gasteiger partial charge in [-0.1, -0.05) is 6.07 Å². The zero-order valence-corrected chi connectivity index (χ0v) is 21.7. The molecule has 0 aliphatic heterocycles. The van der Waals surface area contributed by atoms with Crippen LogP contribution in [-0.2, 0) is 0 Å². The molecule has 0 spiro atoms. The van der Waals surface area contributed by atoms with Gasteiger partial charge in [-0.2, -0.15) is 5.10 Å². The summed E-state index contributed by atoms with van der Waals surface area (Å²) in [6.07, 6.45) is 5.40. The number of hydrogen-bond acceptors (Lipinski definition) is 6. The second-order valence-corrected chi connectivity index (χ2v) is 9.96. The summed E-state index contributed by atoms with van der Waals surface area (Å²) in [6.45, 7) is 0. The zero-order valence-electron chi connectivity index (χ0n) is 21.7. The standard InChI is InChI=1S/C30H25F3N6O2/c31-20-2-5-24(6-3-20)41-27-8-4-22(17-35-27)37-29(40)28-25-14-18(1-7-26(25)38-39-28)19-13-23(16-34-15-19)36-21-9-11-30(32,33)12-10-21/h1-8,13-17,21,36H,9-12H2,(H,37,40)(H,38,39). The first-order valence-electron chi connectivity index (χ1n) is 13.1. The minimum Gasteiger partial charge on any atom is -0.439 e. The maximum absolute atomic E-state index is 13.5. The van der Waals surface area contributed by atoms with Crippen LogP contribution >= 0.6 is 0 Å². The van der Waals surface area contributed by atoms with Gasteiger partial charge < -0.3 is 15.4 Å². The number of nitrogens with zero attached hydrogens (tertiary/aromatic N) is 3. The second-order valence-electron chi connectivity index (χ2n) is 9.96. The number of benzene rings is 2. The molecule has 6 rings (SSSR count). The summed E-state index contributed by atoms with van der Waals surface area (Å²) in [7, 11) is 0. The van der Waals surface area contributed by atoms with E-state index in [0.717, 1.165) is 16.8 Å². The summed E-state index contributed by atoms with van der Waals surface area (Å²) >= 11 is 0. The Morgan fingerprint density at radius 3 is 2.49 bits per heavy atom. The topological polar surface area (TPSA) is 105 Å². The van der Waals surface area contributed by atoms with Crippen LogP contribution in [0.4, 0.5) is 24.5 Å². The number of aromatic nitrogens is 4. The Kier molecular flexibility index (Phi) is 7.00. The third-order valence-corrected chi connectivity index (χ3v) is 6.97. The molecular formula is C30H25F3N6O2. The highest BCUT2D eigenvalue weighted by molar-refractivity contribution is 6.11. The van der Waals surface area contributed by atoms with Crippen LogP contribution < -0.4 is 15.4 Å². The molecule has 0 radical (unpaired) electrons. The normalized spacial score (nSPS) is 15.0. The van der Waals surface area contributed by atoms with Gasteiger partial charge in [-0.25, -0.2) is 18.2 Å². The molecule has 1 aliphatic rings. The van der Waals surface area contributed by atoms with Crippen molar-refractivity contribution in [2.45, 2.75) is 37.6 Å². The molecule has 11 heteroatoms. The maximum atomic E-state index is 13.5. The van der Waals surface area contributed by atoms with Gasteiger partial charge >= 0.3 is 0 Å². The molecule has 3 N–H and O–H groups in total. The van der Waals surface area contributed by atoms with E-state index in [-0.39, 0.29) is 36.3 Å². The lowest BCUT2D eigenvalue weighted by Crippen LogP contribution is -2.32. The van der Waals surface area contributed by atoms with Crippen LogP contribution in [0.5, 0.6) is 11.6 Å². The van der Waals surface area contributed by atoms with Crippen LogP contribution in [0.3, 0.4) is 0 Å². The molecule has 0 saturated heterocycles. The number of anilines is 2. The number of alkyl halides is 2. The molecule has 2 aromatic carbocycles. The molecule has 1 saturated carbocycles. The quantitative estimate of drug-likeness (QED) is 0.195. The minimum absolute atomic E-state index is 0.0312. The molecule has 5 aromatic rings. The third kappa shape index (κ3) is 6.13. The van der Waals surface area contributed by atoms with Crippen LogP contribution in [-0.4, -0.2) is 38.0 Å². The van der Waals surface area contributed by atoms with Gasteiger partial charge in [0, 0.05) is 48.3 Å². The lowest BCUT2D eigenvalue weighted by molar-refractivity contribution is -0.0360. The first-order valence-corrected chi connectivity index (χ1v) is 13.1. The van der Waals surface area contributed by atoms with Crippen molar-refractivity contribution in [2.75, 3.05) is 10.6 Å². The first-order chi connectivity index (χ1) is 19.8. The lowest BCUT2D eigenvalue weighted by atomic mass is 9.92. The van der Waals surface area contributed by atoms with Crippen LogP contribution in [0, 0.1) is 5.82 Å². The smallest absolute Gasteiger partial charge is 0.276 e. The van der Waals surface area contributed by atoms with Crippen LogP contribution in [0.2, 0.25) is 0 Å². The van der Waals surface area contributed by atoms with E-state index in [2.05, 4.69) is 30.8 Å². The lowest BCUT2D eigenvalue weighted by Gasteiger charge is -2.29. The maximum Gasteiger partial charge on any atom is 0.276 e. The minimum atomic E-state index is -2.58. The average molecular weight is 559 g/mol. The number of hydrogen-bond donors (Lipinski definition) is 3. The van der Waals surface area contributed by atoms with E-state index >= 15 is 0 Å². The van der Waals surface area contributed by atoms with Crippen molar-refractivity contribution in [3.8, 4) is 22.8 Å². The fourth-order valence-electron chi connectivity index (χ4n) is 4.79. The monoisotopic (exact) mass is 558 g/mol. The number of pyridine rings is 2. The summed E-state index contributed by atoms with van der Waals surface area (Å²) in [5.41, 5.74) is 3.72. The molecule has 3 heterocycles. The van der Waals surface area contributed by atoms with E-state index in [1.807, 2.05) is 24.3 Å². The summed E-state index contributed by atoms with van der Waals surface area (Å²) in [4.78, 5) is 21.6. The fourth-order valence-corrected chi connectivity index (χ4v) is 4.79. The first kappa shape index (κ1) is 26.3. The Hall–Kier alpha value is -4.93. The van der Waals surface area contributed by atoms with Crippen LogP contribution in [0.15, 0.2) is 79.3 Å². The van der Waals surface area contributed by atoms with Crippen molar-refractivity contribution in [3.05, 3.63) is 90.8 Å². The Bertz CT molecular complexity index is 1680.